The van der Waals surface area contributed by atoms with Gasteiger partial charge in [-0.05, 0) is 54.5 Å². The number of rotatable bonds is 4. The van der Waals surface area contributed by atoms with E-state index in [-0.39, 0.29) is 12.0 Å². The predicted molar refractivity (Wildman–Crippen MR) is 97.8 cm³/mol. The van der Waals surface area contributed by atoms with Crippen LogP contribution < -0.4 is 4.74 Å². The Balaban J connectivity index is 1.97. The van der Waals surface area contributed by atoms with E-state index in [2.05, 4.69) is 4.98 Å². The van der Waals surface area contributed by atoms with Gasteiger partial charge in [0.15, 0.2) is 5.78 Å². The molecule has 0 saturated carbocycles. The number of hydrogen-bond acceptors (Lipinski definition) is 3. The van der Waals surface area contributed by atoms with Crippen molar-refractivity contribution >= 4 is 34.4 Å². The fourth-order valence-corrected chi connectivity index (χ4v) is 2.62. The Labute approximate surface area is 147 Å². The Kier molecular flexibility index (Phi) is 4.26. The molecular formula is C20H16ClNO2. The summed E-state index contributed by atoms with van der Waals surface area (Å²) >= 11 is 6.04. The third-order valence-electron chi connectivity index (χ3n) is 3.82. The first-order valence-corrected chi connectivity index (χ1v) is 7.80. The van der Waals surface area contributed by atoms with Gasteiger partial charge in [-0.2, -0.15) is 0 Å². The van der Waals surface area contributed by atoms with Gasteiger partial charge in [0.2, 0.25) is 0 Å². The maximum atomic E-state index is 12.6. The van der Waals surface area contributed by atoms with Crippen molar-refractivity contribution in [1.29, 1.82) is 0 Å². The van der Waals surface area contributed by atoms with Crippen molar-refractivity contribution in [3.05, 3.63) is 76.4 Å². The number of fused-ring (bicyclic) bond motifs is 1. The minimum atomic E-state index is -0.257. The lowest BCUT2D eigenvalue weighted by Gasteiger charge is -2.06. The number of allylic oxidation sites excluding steroid dienone is 1. The number of ether oxygens (including phenoxy) is 1. The van der Waals surface area contributed by atoms with Crippen LogP contribution in [0.1, 0.15) is 22.9 Å². The molecule has 1 aromatic heterocycles. The number of aryl methyl sites for hydroxylation is 1. The van der Waals surface area contributed by atoms with Gasteiger partial charge >= 0.3 is 0 Å². The van der Waals surface area contributed by atoms with Crippen molar-refractivity contribution in [2.24, 2.45) is 0 Å². The summed E-state index contributed by atoms with van der Waals surface area (Å²) in [6.07, 6.45) is 3.14. The molecule has 0 unspecified atom stereocenters. The van der Waals surface area contributed by atoms with Crippen LogP contribution >= 0.6 is 11.6 Å². The second-order valence-electron chi connectivity index (χ2n) is 5.36. The number of carbonyl (C=O) groups is 1. The van der Waals surface area contributed by atoms with Crippen molar-refractivity contribution in [2.75, 3.05) is 7.11 Å². The van der Waals surface area contributed by atoms with E-state index in [1.54, 1.807) is 31.4 Å². The van der Waals surface area contributed by atoms with Crippen molar-refractivity contribution < 1.29 is 10.9 Å². The van der Waals surface area contributed by atoms with Crippen LogP contribution in [0.25, 0.3) is 17.0 Å². The zero-order valence-electron chi connectivity index (χ0n) is 14.3. The molecule has 0 bridgehead atoms. The number of benzene rings is 2. The van der Waals surface area contributed by atoms with Gasteiger partial charge in [0.1, 0.15) is 5.75 Å². The highest BCUT2D eigenvalue weighted by Crippen LogP contribution is 2.24. The first kappa shape index (κ1) is 14.9. The molecular weight excluding hydrogens is 322 g/mol. The number of methoxy groups -OCH3 is 1. The number of aromatic nitrogens is 1. The molecule has 3 rings (SSSR count). The largest absolute Gasteiger partial charge is 0.497 e. The van der Waals surface area contributed by atoms with Crippen molar-refractivity contribution in [3.63, 3.8) is 0 Å². The molecule has 0 aliphatic rings. The number of halogens is 1. The van der Waals surface area contributed by atoms with Gasteiger partial charge in [-0.15, -0.1) is 0 Å². The smallest absolute Gasteiger partial charge is 0.187 e. The highest BCUT2D eigenvalue weighted by Gasteiger charge is 2.10. The van der Waals surface area contributed by atoms with Crippen LogP contribution in [0.2, 0.25) is 5.02 Å². The summed E-state index contributed by atoms with van der Waals surface area (Å²) in [5.74, 6) is 0.496. The molecule has 120 valence electrons. The van der Waals surface area contributed by atoms with Crippen molar-refractivity contribution in [2.45, 2.75) is 6.92 Å². The summed E-state index contributed by atoms with van der Waals surface area (Å²) < 4.78 is 13.2. The monoisotopic (exact) mass is 338 g/mol. The molecule has 0 amide bonds. The molecule has 0 spiro atoms. The lowest BCUT2D eigenvalue weighted by Crippen LogP contribution is -2.00. The summed E-state index contributed by atoms with van der Waals surface area (Å²) in [5, 5.41) is 1.35. The molecule has 0 atom stereocenters. The average molecular weight is 339 g/mol. The summed E-state index contributed by atoms with van der Waals surface area (Å²) in [7, 11) is 1.60. The summed E-state index contributed by atoms with van der Waals surface area (Å²) in [6, 6.07) is 12.6. The Morgan fingerprint density at radius 3 is 2.71 bits per heavy atom. The van der Waals surface area contributed by atoms with Gasteiger partial charge in [-0.1, -0.05) is 29.8 Å². The second-order valence-corrected chi connectivity index (χ2v) is 5.79. The van der Waals surface area contributed by atoms with Crippen LogP contribution in [0, 0.1) is 6.92 Å². The molecule has 24 heavy (non-hydrogen) atoms. The molecule has 4 heteroatoms. The van der Waals surface area contributed by atoms with Crippen LogP contribution in [-0.4, -0.2) is 17.9 Å². The van der Waals surface area contributed by atoms with Crippen LogP contribution in [0.15, 0.2) is 54.7 Å². The number of pyridine rings is 1. The Morgan fingerprint density at radius 1 is 1.25 bits per heavy atom. The summed E-state index contributed by atoms with van der Waals surface area (Å²) in [6.45, 7) is 1.81. The minimum Gasteiger partial charge on any atom is -0.497 e. The van der Waals surface area contributed by atoms with Crippen LogP contribution in [0.4, 0.5) is 0 Å². The van der Waals surface area contributed by atoms with Crippen LogP contribution in [0.5, 0.6) is 5.75 Å². The van der Waals surface area contributed by atoms with E-state index in [4.69, 9.17) is 17.7 Å². The molecule has 0 N–H and O–H groups in total. The number of hydrogen-bond donors (Lipinski definition) is 0. The molecule has 3 aromatic rings. The topological polar surface area (TPSA) is 39.2 Å². The third kappa shape index (κ3) is 3.31. The number of ketones is 1. The third-order valence-corrected chi connectivity index (χ3v) is 4.05. The fourth-order valence-electron chi connectivity index (χ4n) is 2.45. The van der Waals surface area contributed by atoms with Gasteiger partial charge < -0.3 is 4.74 Å². The highest BCUT2D eigenvalue weighted by molar-refractivity contribution is 6.31. The molecule has 0 saturated heterocycles. The van der Waals surface area contributed by atoms with Crippen molar-refractivity contribution in [1.82, 2.24) is 4.98 Å². The first-order valence-electron chi connectivity index (χ1n) is 7.92. The van der Waals surface area contributed by atoms with Crippen LogP contribution in [-0.2, 0) is 0 Å². The molecule has 0 fully saturated rings. The molecule has 1 heterocycles. The SMILES string of the molecule is [2H]c1nc2ccc(Cl)cc2c(C)c1C(=O)/C=C/c1ccc(OC)cc1. The van der Waals surface area contributed by atoms with Gasteiger partial charge in [0, 0.05) is 22.1 Å². The van der Waals surface area contributed by atoms with E-state index in [0.717, 1.165) is 16.7 Å². The van der Waals surface area contributed by atoms with E-state index >= 15 is 0 Å². The van der Waals surface area contributed by atoms with E-state index in [1.165, 1.54) is 6.08 Å². The average Bonchev–Trinajstić information content (AvgIpc) is 2.61. The Morgan fingerprint density at radius 2 is 2.00 bits per heavy atom. The Hall–Kier alpha value is -2.65. The molecule has 2 aromatic carbocycles. The molecule has 0 radical (unpaired) electrons. The zero-order valence-corrected chi connectivity index (χ0v) is 14.1. The first-order chi connectivity index (χ1) is 12.0. The number of carbonyl (C=O) groups excluding carboxylic acids is 1. The van der Waals surface area contributed by atoms with E-state index in [9.17, 15) is 4.79 Å². The maximum Gasteiger partial charge on any atom is 0.187 e. The van der Waals surface area contributed by atoms with Gasteiger partial charge in [0.25, 0.3) is 0 Å². The highest BCUT2D eigenvalue weighted by atomic mass is 35.5. The molecule has 0 aliphatic carbocycles. The van der Waals surface area contributed by atoms with E-state index < -0.39 is 0 Å². The number of nitrogens with zero attached hydrogens (tertiary/aromatic N) is 1. The lowest BCUT2D eigenvalue weighted by atomic mass is 10.0. The van der Waals surface area contributed by atoms with E-state index in [0.29, 0.717) is 21.7 Å². The summed E-state index contributed by atoms with van der Waals surface area (Å²) in [4.78, 5) is 16.8. The summed E-state index contributed by atoms with van der Waals surface area (Å²) in [5.41, 5.74) is 2.53. The van der Waals surface area contributed by atoms with Crippen LogP contribution in [0.3, 0.4) is 0 Å². The lowest BCUT2D eigenvalue weighted by molar-refractivity contribution is 0.104. The minimum absolute atomic E-state index is 0.0308. The quantitative estimate of drug-likeness (QED) is 0.490. The van der Waals surface area contributed by atoms with Gasteiger partial charge in [0.05, 0.1) is 14.0 Å². The van der Waals surface area contributed by atoms with Crippen molar-refractivity contribution in [3.8, 4) is 5.75 Å². The molecule has 3 nitrogen and oxygen atoms in total. The van der Waals surface area contributed by atoms with Gasteiger partial charge in [-0.3, -0.25) is 9.78 Å². The Bertz CT molecular complexity index is 981. The second kappa shape index (κ2) is 6.85. The molecule has 0 aliphatic heterocycles. The maximum absolute atomic E-state index is 12.6. The van der Waals surface area contributed by atoms with E-state index in [1.807, 2.05) is 31.2 Å². The van der Waals surface area contributed by atoms with Gasteiger partial charge in [-0.25, -0.2) is 0 Å². The predicted octanol–water partition coefficient (Wildman–Crippen LogP) is 5.10. The fraction of sp³-hybridized carbons (Fsp3) is 0.100. The normalized spacial score (nSPS) is 11.7. The zero-order chi connectivity index (χ0) is 18.0. The standard InChI is InChI=1S/C20H16ClNO2/c1-13-17-11-15(21)6-9-19(17)22-12-18(13)20(23)10-5-14-3-7-16(24-2)8-4-14/h3-12H,1-2H3/b10-5+/i12D.